The van der Waals surface area contributed by atoms with Crippen LogP contribution in [0.3, 0.4) is 0 Å². The van der Waals surface area contributed by atoms with Gasteiger partial charge in [-0.2, -0.15) is 13.2 Å². The largest absolute Gasteiger partial charge is 0.492 e. The molecule has 0 aromatic carbocycles. The zero-order chi connectivity index (χ0) is 20.6. The third-order valence-corrected chi connectivity index (χ3v) is 5.10. The van der Waals surface area contributed by atoms with Gasteiger partial charge in [0.05, 0.1) is 18.4 Å². The maximum atomic E-state index is 13.0. The standard InChI is InChI=1S/C21H21F3N4O/c1-3-16-10-25-19-7-5-17(13-27(16)19)29-9-8-14(2)18-11-26-20-6-4-15(12-28(18)20)21(22,23)24/h4-7,10-14H,3,8-9H2,1-2H3. The topological polar surface area (TPSA) is 43.8 Å². The molecule has 0 N–H and O–H groups in total. The van der Waals surface area contributed by atoms with Crippen LogP contribution in [0.2, 0.25) is 0 Å². The summed E-state index contributed by atoms with van der Waals surface area (Å²) in [7, 11) is 0. The highest BCUT2D eigenvalue weighted by Crippen LogP contribution is 2.30. The van der Waals surface area contributed by atoms with Crippen LogP contribution in [0.5, 0.6) is 5.75 Å². The number of nitrogens with zero attached hydrogens (tertiary/aromatic N) is 4. The van der Waals surface area contributed by atoms with E-state index in [0.717, 1.165) is 41.5 Å². The quantitative estimate of drug-likeness (QED) is 0.449. The molecule has 4 aromatic heterocycles. The lowest BCUT2D eigenvalue weighted by molar-refractivity contribution is -0.137. The molecule has 0 fully saturated rings. The van der Waals surface area contributed by atoms with Crippen LogP contribution in [-0.4, -0.2) is 25.4 Å². The molecule has 4 heterocycles. The second-order valence-electron chi connectivity index (χ2n) is 7.06. The van der Waals surface area contributed by atoms with Gasteiger partial charge in [-0.05, 0) is 37.1 Å². The third-order valence-electron chi connectivity index (χ3n) is 5.10. The smallest absolute Gasteiger partial charge is 0.417 e. The molecule has 0 radical (unpaired) electrons. The van der Waals surface area contributed by atoms with Gasteiger partial charge in [-0.1, -0.05) is 13.8 Å². The number of hydrogen-bond donors (Lipinski definition) is 0. The molecule has 8 heteroatoms. The molecule has 1 atom stereocenters. The van der Waals surface area contributed by atoms with Crippen molar-refractivity contribution in [1.29, 1.82) is 0 Å². The fourth-order valence-corrected chi connectivity index (χ4v) is 3.39. The number of imidazole rings is 2. The van der Waals surface area contributed by atoms with Gasteiger partial charge in [0.2, 0.25) is 0 Å². The van der Waals surface area contributed by atoms with Crippen molar-refractivity contribution < 1.29 is 17.9 Å². The first kappa shape index (κ1) is 19.3. The van der Waals surface area contributed by atoms with E-state index in [4.69, 9.17) is 4.74 Å². The Morgan fingerprint density at radius 2 is 1.72 bits per heavy atom. The summed E-state index contributed by atoms with van der Waals surface area (Å²) >= 11 is 0. The number of ether oxygens (including phenoxy) is 1. The summed E-state index contributed by atoms with van der Waals surface area (Å²) < 4.78 is 48.5. The molecule has 152 valence electrons. The molecule has 0 aliphatic carbocycles. The highest BCUT2D eigenvalue weighted by atomic mass is 19.4. The number of alkyl halides is 3. The summed E-state index contributed by atoms with van der Waals surface area (Å²) in [5.41, 5.74) is 2.51. The predicted octanol–water partition coefficient (Wildman–Crippen LogP) is 5.14. The van der Waals surface area contributed by atoms with Crippen LogP contribution in [0.1, 0.15) is 43.1 Å². The number of pyridine rings is 2. The van der Waals surface area contributed by atoms with Gasteiger partial charge in [-0.15, -0.1) is 0 Å². The van der Waals surface area contributed by atoms with E-state index in [-0.39, 0.29) is 5.92 Å². The summed E-state index contributed by atoms with van der Waals surface area (Å²) in [4.78, 5) is 8.56. The van der Waals surface area contributed by atoms with E-state index in [1.807, 2.05) is 35.9 Å². The van der Waals surface area contributed by atoms with Crippen LogP contribution in [0, 0.1) is 0 Å². The zero-order valence-corrected chi connectivity index (χ0v) is 16.1. The lowest BCUT2D eigenvalue weighted by Gasteiger charge is -2.14. The molecule has 0 saturated carbocycles. The zero-order valence-electron chi connectivity index (χ0n) is 16.1. The summed E-state index contributed by atoms with van der Waals surface area (Å²) in [6.45, 7) is 4.47. The van der Waals surface area contributed by atoms with Crippen LogP contribution < -0.4 is 4.74 Å². The van der Waals surface area contributed by atoms with Gasteiger partial charge in [0.15, 0.2) is 0 Å². The second kappa shape index (κ2) is 7.42. The van der Waals surface area contributed by atoms with E-state index < -0.39 is 11.7 Å². The van der Waals surface area contributed by atoms with E-state index in [1.165, 1.54) is 10.5 Å². The molecule has 0 aliphatic heterocycles. The van der Waals surface area contributed by atoms with Gasteiger partial charge in [0, 0.05) is 35.9 Å². The van der Waals surface area contributed by atoms with Crippen LogP contribution in [0.4, 0.5) is 13.2 Å². The fourth-order valence-electron chi connectivity index (χ4n) is 3.39. The van der Waals surface area contributed by atoms with E-state index >= 15 is 0 Å². The Labute approximate surface area is 165 Å². The molecule has 5 nitrogen and oxygen atoms in total. The Kier molecular flexibility index (Phi) is 4.94. The minimum atomic E-state index is -4.38. The SMILES string of the molecule is CCc1cnc2ccc(OCCC(C)c3cnc4ccc(C(F)(F)F)cn34)cn12. The average molecular weight is 402 g/mol. The minimum absolute atomic E-state index is 0.0170. The van der Waals surface area contributed by atoms with Gasteiger partial charge in [-0.25, -0.2) is 9.97 Å². The molecular formula is C21H21F3N4O. The minimum Gasteiger partial charge on any atom is -0.492 e. The number of aryl methyl sites for hydroxylation is 1. The van der Waals surface area contributed by atoms with Crippen molar-refractivity contribution in [2.24, 2.45) is 0 Å². The monoisotopic (exact) mass is 402 g/mol. The molecule has 4 aromatic rings. The first-order valence-electron chi connectivity index (χ1n) is 9.50. The first-order chi connectivity index (χ1) is 13.9. The van der Waals surface area contributed by atoms with E-state index in [1.54, 1.807) is 6.20 Å². The van der Waals surface area contributed by atoms with Crippen molar-refractivity contribution in [3.63, 3.8) is 0 Å². The molecule has 29 heavy (non-hydrogen) atoms. The summed E-state index contributed by atoms with van der Waals surface area (Å²) in [5, 5.41) is 0. The summed E-state index contributed by atoms with van der Waals surface area (Å²) in [5.74, 6) is 0.714. The lowest BCUT2D eigenvalue weighted by atomic mass is 10.1. The summed E-state index contributed by atoms with van der Waals surface area (Å²) in [6.07, 6.45) is 3.63. The summed E-state index contributed by atoms with van der Waals surface area (Å²) in [6, 6.07) is 6.22. The Balaban J connectivity index is 1.46. The van der Waals surface area contributed by atoms with Crippen LogP contribution in [0.25, 0.3) is 11.3 Å². The maximum Gasteiger partial charge on any atom is 0.417 e. The van der Waals surface area contributed by atoms with Crippen molar-refractivity contribution in [1.82, 2.24) is 18.8 Å². The molecule has 0 aliphatic rings. The van der Waals surface area contributed by atoms with Crippen molar-refractivity contribution in [3.8, 4) is 5.75 Å². The maximum absolute atomic E-state index is 13.0. The molecule has 0 bridgehead atoms. The number of halogens is 3. The van der Waals surface area contributed by atoms with E-state index in [0.29, 0.717) is 18.7 Å². The normalized spacial score (nSPS) is 13.3. The second-order valence-corrected chi connectivity index (χ2v) is 7.06. The van der Waals surface area contributed by atoms with Gasteiger partial charge in [0.25, 0.3) is 0 Å². The van der Waals surface area contributed by atoms with Crippen molar-refractivity contribution in [3.05, 3.63) is 66.0 Å². The van der Waals surface area contributed by atoms with Crippen molar-refractivity contribution in [2.45, 2.75) is 38.8 Å². The first-order valence-corrected chi connectivity index (χ1v) is 9.50. The average Bonchev–Trinajstić information content (AvgIpc) is 3.30. The Bertz CT molecular complexity index is 1150. The van der Waals surface area contributed by atoms with Crippen LogP contribution in [0.15, 0.2) is 49.1 Å². The molecule has 4 rings (SSSR count). The Hall–Kier alpha value is -3.03. The van der Waals surface area contributed by atoms with Crippen molar-refractivity contribution in [2.75, 3.05) is 6.61 Å². The van der Waals surface area contributed by atoms with Gasteiger partial charge < -0.3 is 13.5 Å². The lowest BCUT2D eigenvalue weighted by Crippen LogP contribution is -2.09. The number of rotatable bonds is 6. The Morgan fingerprint density at radius 3 is 2.48 bits per heavy atom. The number of fused-ring (bicyclic) bond motifs is 2. The number of aromatic nitrogens is 4. The molecular weight excluding hydrogens is 381 g/mol. The third kappa shape index (κ3) is 3.79. The highest BCUT2D eigenvalue weighted by molar-refractivity contribution is 5.44. The molecule has 0 saturated heterocycles. The molecule has 1 unspecified atom stereocenters. The molecule has 0 amide bonds. The van der Waals surface area contributed by atoms with Crippen LogP contribution in [-0.2, 0) is 12.6 Å². The van der Waals surface area contributed by atoms with E-state index in [9.17, 15) is 13.2 Å². The van der Waals surface area contributed by atoms with Crippen molar-refractivity contribution >= 4 is 11.3 Å². The molecule has 0 spiro atoms. The predicted molar refractivity (Wildman–Crippen MR) is 103 cm³/mol. The van der Waals surface area contributed by atoms with Gasteiger partial charge >= 0.3 is 6.18 Å². The fraction of sp³-hybridized carbons (Fsp3) is 0.333. The van der Waals surface area contributed by atoms with Crippen LogP contribution >= 0.6 is 0 Å². The Morgan fingerprint density at radius 1 is 1.00 bits per heavy atom. The highest BCUT2D eigenvalue weighted by Gasteiger charge is 2.31. The van der Waals surface area contributed by atoms with E-state index in [2.05, 4.69) is 16.9 Å². The van der Waals surface area contributed by atoms with Gasteiger partial charge in [0.1, 0.15) is 17.0 Å². The van der Waals surface area contributed by atoms with Gasteiger partial charge in [-0.3, -0.25) is 0 Å². The number of hydrogen-bond acceptors (Lipinski definition) is 3.